The van der Waals surface area contributed by atoms with E-state index in [-0.39, 0.29) is 0 Å². The topological polar surface area (TPSA) is 60.2 Å². The molecule has 0 spiro atoms. The van der Waals surface area contributed by atoms with E-state index in [1.807, 2.05) is 31.3 Å². The van der Waals surface area contributed by atoms with Crippen molar-refractivity contribution in [2.45, 2.75) is 26.3 Å². The second-order valence-corrected chi connectivity index (χ2v) is 4.26. The third-order valence-corrected chi connectivity index (χ3v) is 2.66. The van der Waals surface area contributed by atoms with Crippen molar-refractivity contribution < 1.29 is 9.15 Å². The highest BCUT2D eigenvalue weighted by atomic mass is 16.5. The van der Waals surface area contributed by atoms with Crippen LogP contribution in [0.2, 0.25) is 0 Å². The van der Waals surface area contributed by atoms with Gasteiger partial charge in [-0.1, -0.05) is 13.3 Å². The van der Waals surface area contributed by atoms with Crippen molar-refractivity contribution in [3.05, 3.63) is 30.2 Å². The first-order valence-electron chi connectivity index (χ1n) is 6.53. The molecular formula is C14H19N3O2. The molecule has 1 aromatic heterocycles. The van der Waals surface area contributed by atoms with Gasteiger partial charge in [0.1, 0.15) is 5.75 Å². The first kappa shape index (κ1) is 13.5. The summed E-state index contributed by atoms with van der Waals surface area (Å²) in [5.74, 6) is 1.98. The normalized spacial score (nSPS) is 10.6. The van der Waals surface area contributed by atoms with Crippen LogP contribution in [0.3, 0.4) is 0 Å². The molecule has 0 fully saturated rings. The molecule has 0 aliphatic rings. The molecular weight excluding hydrogens is 242 g/mol. The Balaban J connectivity index is 2.00. The first-order valence-corrected chi connectivity index (χ1v) is 6.53. The predicted molar refractivity (Wildman–Crippen MR) is 72.9 cm³/mol. The van der Waals surface area contributed by atoms with E-state index in [1.54, 1.807) is 0 Å². The molecule has 102 valence electrons. The van der Waals surface area contributed by atoms with E-state index in [0.717, 1.165) is 30.8 Å². The lowest BCUT2D eigenvalue weighted by Crippen LogP contribution is -2.04. The van der Waals surface area contributed by atoms with Crippen LogP contribution in [0, 0.1) is 0 Å². The van der Waals surface area contributed by atoms with Crippen LogP contribution >= 0.6 is 0 Å². The molecule has 0 saturated heterocycles. The van der Waals surface area contributed by atoms with Crippen molar-refractivity contribution in [3.63, 3.8) is 0 Å². The number of ether oxygens (including phenoxy) is 1. The van der Waals surface area contributed by atoms with Crippen LogP contribution in [0.25, 0.3) is 11.5 Å². The smallest absolute Gasteiger partial charge is 0.247 e. The minimum atomic E-state index is 0.533. The second kappa shape index (κ2) is 6.89. The molecule has 1 heterocycles. The second-order valence-electron chi connectivity index (χ2n) is 4.26. The summed E-state index contributed by atoms with van der Waals surface area (Å²) in [5, 5.41) is 10.9. The molecule has 0 atom stereocenters. The summed E-state index contributed by atoms with van der Waals surface area (Å²) in [6.45, 7) is 3.47. The highest BCUT2D eigenvalue weighted by Gasteiger charge is 2.07. The van der Waals surface area contributed by atoms with Crippen molar-refractivity contribution >= 4 is 0 Å². The Hall–Kier alpha value is -1.88. The third-order valence-electron chi connectivity index (χ3n) is 2.66. The fourth-order valence-electron chi connectivity index (χ4n) is 1.62. The van der Waals surface area contributed by atoms with Gasteiger partial charge in [0.05, 0.1) is 13.2 Å². The minimum absolute atomic E-state index is 0.533. The molecule has 5 nitrogen and oxygen atoms in total. The van der Waals surface area contributed by atoms with Crippen molar-refractivity contribution in [1.29, 1.82) is 0 Å². The molecule has 19 heavy (non-hydrogen) atoms. The molecule has 0 aliphatic carbocycles. The summed E-state index contributed by atoms with van der Waals surface area (Å²) in [6, 6.07) is 7.70. The molecule has 2 rings (SSSR count). The third kappa shape index (κ3) is 3.79. The van der Waals surface area contributed by atoms with E-state index < -0.39 is 0 Å². The van der Waals surface area contributed by atoms with Gasteiger partial charge in [0.15, 0.2) is 0 Å². The molecule has 1 aromatic carbocycles. The van der Waals surface area contributed by atoms with E-state index in [1.165, 1.54) is 0 Å². The highest BCUT2D eigenvalue weighted by Crippen LogP contribution is 2.21. The van der Waals surface area contributed by atoms with E-state index in [0.29, 0.717) is 18.3 Å². The molecule has 0 radical (unpaired) electrons. The predicted octanol–water partition coefficient (Wildman–Crippen LogP) is 2.63. The average Bonchev–Trinajstić information content (AvgIpc) is 2.89. The zero-order valence-electron chi connectivity index (χ0n) is 11.3. The van der Waals surface area contributed by atoms with E-state index in [2.05, 4.69) is 22.4 Å². The lowest BCUT2D eigenvalue weighted by Gasteiger charge is -2.05. The maximum Gasteiger partial charge on any atom is 0.247 e. The lowest BCUT2D eigenvalue weighted by molar-refractivity contribution is 0.309. The van der Waals surface area contributed by atoms with Crippen molar-refractivity contribution in [3.8, 4) is 17.2 Å². The van der Waals surface area contributed by atoms with Gasteiger partial charge in [-0.05, 0) is 37.7 Å². The van der Waals surface area contributed by atoms with Gasteiger partial charge in [0, 0.05) is 5.56 Å². The minimum Gasteiger partial charge on any atom is -0.494 e. The molecule has 0 amide bonds. The van der Waals surface area contributed by atoms with Crippen molar-refractivity contribution in [1.82, 2.24) is 15.5 Å². The zero-order valence-corrected chi connectivity index (χ0v) is 11.3. The Morgan fingerprint density at radius 2 is 2.00 bits per heavy atom. The van der Waals surface area contributed by atoms with E-state index >= 15 is 0 Å². The molecule has 0 saturated carbocycles. The highest BCUT2D eigenvalue weighted by molar-refractivity contribution is 5.53. The number of rotatable bonds is 7. The maximum atomic E-state index is 5.60. The van der Waals surface area contributed by atoms with Crippen molar-refractivity contribution in [2.24, 2.45) is 0 Å². The zero-order chi connectivity index (χ0) is 13.5. The lowest BCUT2D eigenvalue weighted by atomic mass is 10.2. The first-order chi connectivity index (χ1) is 9.33. The van der Waals surface area contributed by atoms with Gasteiger partial charge in [0.25, 0.3) is 0 Å². The number of benzene rings is 1. The Labute approximate surface area is 113 Å². The van der Waals surface area contributed by atoms with E-state index in [4.69, 9.17) is 9.15 Å². The Morgan fingerprint density at radius 3 is 2.68 bits per heavy atom. The number of nitrogens with one attached hydrogen (secondary N) is 1. The number of aromatic nitrogens is 2. The van der Waals surface area contributed by atoms with Crippen LogP contribution in [0.15, 0.2) is 28.7 Å². The van der Waals surface area contributed by atoms with Crippen LogP contribution < -0.4 is 10.1 Å². The standard InChI is InChI=1S/C14H19N3O2/c1-3-4-9-18-12-7-5-11(6-8-12)14-17-16-13(19-14)10-15-2/h5-8,15H,3-4,9-10H2,1-2H3. The van der Waals surface area contributed by atoms with Crippen LogP contribution in [-0.4, -0.2) is 23.9 Å². The molecule has 0 unspecified atom stereocenters. The Bertz CT molecular complexity index is 494. The van der Waals surface area contributed by atoms with E-state index in [9.17, 15) is 0 Å². The summed E-state index contributed by atoms with van der Waals surface area (Å²) in [4.78, 5) is 0. The van der Waals surface area contributed by atoms with Gasteiger partial charge < -0.3 is 14.5 Å². The molecule has 1 N–H and O–H groups in total. The monoisotopic (exact) mass is 261 g/mol. The number of unbranched alkanes of at least 4 members (excludes halogenated alkanes) is 1. The summed E-state index contributed by atoms with van der Waals surface area (Å²) in [5.41, 5.74) is 0.901. The van der Waals surface area contributed by atoms with Gasteiger partial charge in [-0.2, -0.15) is 0 Å². The molecule has 5 heteroatoms. The Morgan fingerprint density at radius 1 is 1.21 bits per heavy atom. The fourth-order valence-corrected chi connectivity index (χ4v) is 1.62. The SMILES string of the molecule is CCCCOc1ccc(-c2nnc(CNC)o2)cc1. The Kier molecular flexibility index (Phi) is 4.92. The van der Waals surface area contributed by atoms with Gasteiger partial charge in [-0.3, -0.25) is 0 Å². The molecule has 0 aliphatic heterocycles. The van der Waals surface area contributed by atoms with Gasteiger partial charge in [-0.15, -0.1) is 10.2 Å². The summed E-state index contributed by atoms with van der Waals surface area (Å²) in [7, 11) is 1.84. The van der Waals surface area contributed by atoms with Crippen molar-refractivity contribution in [2.75, 3.05) is 13.7 Å². The summed E-state index contributed by atoms with van der Waals surface area (Å²) in [6.07, 6.45) is 2.20. The maximum absolute atomic E-state index is 5.60. The average molecular weight is 261 g/mol. The number of hydrogen-bond acceptors (Lipinski definition) is 5. The van der Waals surface area contributed by atoms with Gasteiger partial charge in [0.2, 0.25) is 11.8 Å². The van der Waals surface area contributed by atoms with Crippen LogP contribution in [0.4, 0.5) is 0 Å². The van der Waals surface area contributed by atoms with Crippen LogP contribution in [0.1, 0.15) is 25.7 Å². The molecule has 2 aromatic rings. The number of hydrogen-bond donors (Lipinski definition) is 1. The van der Waals surface area contributed by atoms with Gasteiger partial charge >= 0.3 is 0 Å². The van der Waals surface area contributed by atoms with Gasteiger partial charge in [-0.25, -0.2) is 0 Å². The molecule has 0 bridgehead atoms. The quantitative estimate of drug-likeness (QED) is 0.776. The number of nitrogens with zero attached hydrogens (tertiary/aromatic N) is 2. The summed E-state index contributed by atoms with van der Waals surface area (Å²) >= 11 is 0. The van der Waals surface area contributed by atoms with Crippen LogP contribution in [-0.2, 0) is 6.54 Å². The largest absolute Gasteiger partial charge is 0.494 e. The summed E-state index contributed by atoms with van der Waals surface area (Å²) < 4.78 is 11.1. The van der Waals surface area contributed by atoms with Crippen LogP contribution in [0.5, 0.6) is 5.75 Å². The fraction of sp³-hybridized carbons (Fsp3) is 0.429.